The maximum atomic E-state index is 12.6. The zero-order chi connectivity index (χ0) is 32.8. The highest BCUT2D eigenvalue weighted by atomic mass is 35.5. The number of nitrogens with one attached hydrogen (secondary N) is 2. The summed E-state index contributed by atoms with van der Waals surface area (Å²) in [4.78, 5) is 37.9. The average Bonchev–Trinajstić information content (AvgIpc) is 3.02. The van der Waals surface area contributed by atoms with Gasteiger partial charge < -0.3 is 40.0 Å². The molecule has 0 radical (unpaired) electrons. The quantitative estimate of drug-likeness (QED) is 0.166. The summed E-state index contributed by atoms with van der Waals surface area (Å²) in [6, 6.07) is 11.6. The molecule has 0 aliphatic carbocycles. The number of hydrogen-bond donors (Lipinski definition) is 4. The minimum absolute atomic E-state index is 0.0208. The number of ether oxygens (including phenoxy) is 3. The summed E-state index contributed by atoms with van der Waals surface area (Å²) in [5.41, 5.74) is 4.01. The van der Waals surface area contributed by atoms with E-state index in [0.29, 0.717) is 62.3 Å². The van der Waals surface area contributed by atoms with Gasteiger partial charge in [0.2, 0.25) is 5.91 Å². The molecule has 248 valence electrons. The molecule has 1 aliphatic rings. The number of fused-ring (bicyclic) bond motifs is 1. The second-order valence-electron chi connectivity index (χ2n) is 10.9. The van der Waals surface area contributed by atoms with Crippen molar-refractivity contribution in [2.75, 3.05) is 65.6 Å². The van der Waals surface area contributed by atoms with E-state index in [2.05, 4.69) is 28.6 Å². The fourth-order valence-corrected chi connectivity index (χ4v) is 5.60. The van der Waals surface area contributed by atoms with Crippen molar-refractivity contribution in [3.63, 3.8) is 0 Å². The summed E-state index contributed by atoms with van der Waals surface area (Å²) in [5, 5.41) is 25.7. The molecule has 0 bridgehead atoms. The van der Waals surface area contributed by atoms with Crippen molar-refractivity contribution in [2.24, 2.45) is 0 Å². The number of aliphatic hydroxyl groups excluding tert-OH is 2. The number of benzene rings is 2. The molecule has 0 fully saturated rings. The largest absolute Gasteiger partial charge is 0.382 e. The van der Waals surface area contributed by atoms with Gasteiger partial charge in [0.1, 0.15) is 6.10 Å². The van der Waals surface area contributed by atoms with Gasteiger partial charge >= 0.3 is 0 Å². The highest BCUT2D eigenvalue weighted by Gasteiger charge is 2.29. The van der Waals surface area contributed by atoms with Gasteiger partial charge in [0.25, 0.3) is 5.91 Å². The van der Waals surface area contributed by atoms with Crippen LogP contribution in [-0.2, 0) is 35.1 Å². The van der Waals surface area contributed by atoms with Gasteiger partial charge in [0, 0.05) is 67.8 Å². The molecule has 0 spiro atoms. The van der Waals surface area contributed by atoms with Crippen LogP contribution in [0.3, 0.4) is 0 Å². The number of aliphatic hydroxyl groups is 2. The Morgan fingerprint density at radius 1 is 0.933 bits per heavy atom. The van der Waals surface area contributed by atoms with Crippen LogP contribution in [0, 0.1) is 0 Å². The van der Waals surface area contributed by atoms with Crippen molar-refractivity contribution in [1.29, 1.82) is 0 Å². The Labute approximate surface area is 274 Å². The number of halogens is 2. The molecule has 0 saturated heterocycles. The van der Waals surface area contributed by atoms with Crippen LogP contribution in [0.15, 0.2) is 36.4 Å². The first-order valence-corrected chi connectivity index (χ1v) is 15.8. The van der Waals surface area contributed by atoms with E-state index >= 15 is 0 Å². The van der Waals surface area contributed by atoms with E-state index in [-0.39, 0.29) is 24.9 Å². The van der Waals surface area contributed by atoms with Crippen molar-refractivity contribution >= 4 is 46.5 Å². The fourth-order valence-electron chi connectivity index (χ4n) is 5.03. The maximum Gasteiger partial charge on any atom is 0.251 e. The topological polar surface area (TPSA) is 147 Å². The molecular weight excluding hydrogens is 625 g/mol. The fraction of sp³-hybridized carbons (Fsp3) is 0.531. The molecule has 45 heavy (non-hydrogen) atoms. The van der Waals surface area contributed by atoms with Gasteiger partial charge in [-0.25, -0.2) is 0 Å². The number of amides is 2. The molecule has 2 amide bonds. The van der Waals surface area contributed by atoms with Crippen molar-refractivity contribution in [3.05, 3.63) is 63.1 Å². The number of rotatable bonds is 19. The Hall–Kier alpha value is -2.61. The van der Waals surface area contributed by atoms with Crippen molar-refractivity contribution in [2.45, 2.75) is 50.4 Å². The van der Waals surface area contributed by atoms with Gasteiger partial charge in [0.15, 0.2) is 11.9 Å². The van der Waals surface area contributed by atoms with E-state index in [1.165, 1.54) is 7.05 Å². The van der Waals surface area contributed by atoms with Gasteiger partial charge in [-0.1, -0.05) is 35.3 Å². The number of hydrogen-bond acceptors (Lipinski definition) is 9. The van der Waals surface area contributed by atoms with E-state index in [9.17, 15) is 24.6 Å². The van der Waals surface area contributed by atoms with Crippen LogP contribution in [0.2, 0.25) is 10.0 Å². The first-order chi connectivity index (χ1) is 21.6. The van der Waals surface area contributed by atoms with Gasteiger partial charge in [-0.05, 0) is 60.8 Å². The first kappa shape index (κ1) is 36.9. The van der Waals surface area contributed by atoms with E-state index in [4.69, 9.17) is 37.4 Å². The van der Waals surface area contributed by atoms with Crippen LogP contribution in [0.4, 0.5) is 5.69 Å². The Bertz CT molecular complexity index is 1280. The van der Waals surface area contributed by atoms with E-state index in [1.54, 1.807) is 6.07 Å². The number of likely N-dealkylation sites (N-methyl/N-ethyl adjacent to an activating group) is 2. The van der Waals surface area contributed by atoms with Gasteiger partial charge in [-0.3, -0.25) is 14.4 Å². The summed E-state index contributed by atoms with van der Waals surface area (Å²) in [6.45, 7) is 3.71. The Morgan fingerprint density at radius 2 is 1.58 bits per heavy atom. The minimum Gasteiger partial charge on any atom is -0.382 e. The molecule has 0 saturated carbocycles. The second kappa shape index (κ2) is 19.1. The minimum atomic E-state index is -1.78. The first-order valence-electron chi connectivity index (χ1n) is 15.0. The van der Waals surface area contributed by atoms with Crippen LogP contribution in [0.5, 0.6) is 0 Å². The Kier molecular flexibility index (Phi) is 15.7. The third kappa shape index (κ3) is 11.9. The van der Waals surface area contributed by atoms with Crippen molar-refractivity contribution in [1.82, 2.24) is 10.2 Å². The second-order valence-corrected chi connectivity index (χ2v) is 11.7. The predicted octanol–water partition coefficient (Wildman–Crippen LogP) is 3.16. The monoisotopic (exact) mass is 667 g/mol. The third-order valence-electron chi connectivity index (χ3n) is 7.36. The van der Waals surface area contributed by atoms with Crippen LogP contribution >= 0.6 is 23.2 Å². The lowest BCUT2D eigenvalue weighted by Crippen LogP contribution is -2.44. The molecule has 3 atom stereocenters. The molecule has 3 rings (SSSR count). The highest BCUT2D eigenvalue weighted by molar-refractivity contribution is 6.35. The normalized spacial score (nSPS) is 16.1. The Morgan fingerprint density at radius 3 is 2.24 bits per heavy atom. The highest BCUT2D eigenvalue weighted by Crippen LogP contribution is 2.38. The summed E-state index contributed by atoms with van der Waals surface area (Å²) >= 11 is 12.8. The SMILES string of the molecule is CNC(=O)C(O)C(O)C(=O)CCCOCCOCCOCCCC(=O)Nc1cccc(C2CN(C)Cc3c(Cl)cc(Cl)cc32)c1. The van der Waals surface area contributed by atoms with Crippen LogP contribution in [-0.4, -0.2) is 105 Å². The molecule has 0 aromatic heterocycles. The average molecular weight is 669 g/mol. The summed E-state index contributed by atoms with van der Waals surface area (Å²) in [6.07, 6.45) is -2.32. The zero-order valence-corrected chi connectivity index (χ0v) is 27.2. The lowest BCUT2D eigenvalue weighted by atomic mass is 9.84. The van der Waals surface area contributed by atoms with Gasteiger partial charge in [0.05, 0.1) is 26.4 Å². The molecule has 11 nitrogen and oxygen atoms in total. The zero-order valence-electron chi connectivity index (χ0n) is 25.7. The third-order valence-corrected chi connectivity index (χ3v) is 7.91. The summed E-state index contributed by atoms with van der Waals surface area (Å²) in [5.74, 6) is -1.44. The molecule has 13 heteroatoms. The number of ketones is 1. The molecule has 4 N–H and O–H groups in total. The molecular formula is C32H43Cl2N3O8. The number of nitrogens with zero attached hydrogens (tertiary/aromatic N) is 1. The number of carbonyl (C=O) groups is 3. The molecule has 2 aromatic carbocycles. The molecule has 2 aromatic rings. The van der Waals surface area contributed by atoms with Crippen molar-refractivity contribution < 1.29 is 38.8 Å². The van der Waals surface area contributed by atoms with Crippen molar-refractivity contribution in [3.8, 4) is 0 Å². The molecule has 3 unspecified atom stereocenters. The summed E-state index contributed by atoms with van der Waals surface area (Å²) in [7, 11) is 3.37. The molecule has 1 aliphatic heterocycles. The number of carbonyl (C=O) groups excluding carboxylic acids is 3. The van der Waals surface area contributed by atoms with E-state index in [0.717, 1.165) is 35.5 Å². The Balaban J connectivity index is 1.24. The summed E-state index contributed by atoms with van der Waals surface area (Å²) < 4.78 is 16.4. The lowest BCUT2D eigenvalue weighted by molar-refractivity contribution is -0.144. The van der Waals surface area contributed by atoms with Gasteiger partial charge in [-0.2, -0.15) is 0 Å². The van der Waals surface area contributed by atoms with Crippen LogP contribution in [0.1, 0.15) is 48.3 Å². The molecule has 1 heterocycles. The van der Waals surface area contributed by atoms with E-state index < -0.39 is 23.9 Å². The number of Topliss-reactive ketones (excluding diaryl/α,β-unsaturated/α-hetero) is 1. The maximum absolute atomic E-state index is 12.6. The van der Waals surface area contributed by atoms with Crippen LogP contribution in [0.25, 0.3) is 0 Å². The smallest absolute Gasteiger partial charge is 0.251 e. The standard InChI is InChI=1S/C32H43Cl2N3O8/c1-35-32(42)31(41)30(40)28(38)8-4-10-43-12-14-45-15-13-44-11-5-9-29(39)36-23-7-3-6-21(16-23)25-19-37(2)20-26-24(25)17-22(33)18-27(26)34/h3,6-7,16-18,25,30-31,40-41H,4-5,8-15,19-20H2,1-2H3,(H,35,42)(H,36,39). The predicted molar refractivity (Wildman–Crippen MR) is 172 cm³/mol. The number of anilines is 1. The lowest BCUT2D eigenvalue weighted by Gasteiger charge is -2.33. The van der Waals surface area contributed by atoms with Gasteiger partial charge in [-0.15, -0.1) is 0 Å². The van der Waals surface area contributed by atoms with E-state index in [1.807, 2.05) is 24.3 Å². The van der Waals surface area contributed by atoms with Crippen LogP contribution < -0.4 is 10.6 Å².